The van der Waals surface area contributed by atoms with Gasteiger partial charge in [-0.15, -0.1) is 0 Å². The van der Waals surface area contributed by atoms with Crippen molar-refractivity contribution in [2.24, 2.45) is 0 Å². The Hall–Kier alpha value is -2.40. The highest BCUT2D eigenvalue weighted by atomic mass is 35.5. The second-order valence-electron chi connectivity index (χ2n) is 6.82. The van der Waals surface area contributed by atoms with Crippen molar-refractivity contribution >= 4 is 51.6 Å². The second kappa shape index (κ2) is 9.17. The number of rotatable bonds is 6. The van der Waals surface area contributed by atoms with E-state index >= 15 is 0 Å². The molecule has 4 aromatic rings. The lowest BCUT2D eigenvalue weighted by Gasteiger charge is -2.15. The number of pyridine rings is 1. The van der Waals surface area contributed by atoms with Crippen LogP contribution in [0.1, 0.15) is 18.1 Å². The van der Waals surface area contributed by atoms with Gasteiger partial charge in [-0.3, -0.25) is 4.98 Å². The van der Waals surface area contributed by atoms with Crippen molar-refractivity contribution in [1.82, 2.24) is 4.98 Å². The van der Waals surface area contributed by atoms with Crippen molar-refractivity contribution in [3.63, 3.8) is 0 Å². The summed E-state index contributed by atoms with van der Waals surface area (Å²) in [5, 5.41) is 15.7. The summed E-state index contributed by atoms with van der Waals surface area (Å²) >= 11 is 14.3. The molecule has 0 spiro atoms. The molecule has 0 unspecified atom stereocenters. The Kier molecular flexibility index (Phi) is 6.38. The summed E-state index contributed by atoms with van der Waals surface area (Å²) in [6.45, 7) is 2.48. The number of hydrogen-bond acceptors (Lipinski definition) is 4. The normalized spacial score (nSPS) is 11.0. The van der Waals surface area contributed by atoms with Crippen molar-refractivity contribution in [3.8, 4) is 5.75 Å². The number of phenols is 1. The van der Waals surface area contributed by atoms with Gasteiger partial charge in [0.25, 0.3) is 0 Å². The Balaban J connectivity index is 1.57. The molecule has 30 heavy (non-hydrogen) atoms. The summed E-state index contributed by atoms with van der Waals surface area (Å²) in [6.07, 6.45) is 2.47. The third-order valence-corrected chi connectivity index (χ3v) is 6.74. The highest BCUT2D eigenvalue weighted by Gasteiger charge is 2.14. The van der Waals surface area contributed by atoms with Gasteiger partial charge in [-0.1, -0.05) is 72.2 Å². The van der Waals surface area contributed by atoms with Gasteiger partial charge in [0, 0.05) is 32.9 Å². The van der Waals surface area contributed by atoms with Crippen LogP contribution in [-0.2, 0) is 13.0 Å². The Labute approximate surface area is 190 Å². The van der Waals surface area contributed by atoms with Crippen LogP contribution in [0.5, 0.6) is 5.75 Å². The van der Waals surface area contributed by atoms with Gasteiger partial charge in [0.15, 0.2) is 5.75 Å². The highest BCUT2D eigenvalue weighted by molar-refractivity contribution is 7.99. The molecule has 6 heteroatoms. The molecule has 0 saturated heterocycles. The maximum atomic E-state index is 10.5. The Bertz CT molecular complexity index is 1210. The molecule has 0 aliphatic rings. The molecular formula is C24H20Cl2N2OS. The average Bonchev–Trinajstić information content (AvgIpc) is 2.76. The molecule has 0 aliphatic heterocycles. The van der Waals surface area contributed by atoms with E-state index in [4.69, 9.17) is 23.2 Å². The summed E-state index contributed by atoms with van der Waals surface area (Å²) in [7, 11) is 0. The minimum absolute atomic E-state index is 0.0312. The molecule has 0 fully saturated rings. The minimum Gasteiger partial charge on any atom is -0.504 e. The van der Waals surface area contributed by atoms with Gasteiger partial charge in [-0.05, 0) is 47.9 Å². The number of halogens is 2. The van der Waals surface area contributed by atoms with Crippen LogP contribution in [0.2, 0.25) is 10.0 Å². The lowest BCUT2D eigenvalue weighted by Crippen LogP contribution is -2.02. The van der Waals surface area contributed by atoms with Gasteiger partial charge < -0.3 is 10.4 Å². The van der Waals surface area contributed by atoms with Crippen molar-refractivity contribution in [3.05, 3.63) is 88.0 Å². The molecule has 3 nitrogen and oxygen atoms in total. The number of nitrogens with zero attached hydrogens (tertiary/aromatic N) is 1. The van der Waals surface area contributed by atoms with Crippen LogP contribution in [0.4, 0.5) is 5.69 Å². The van der Waals surface area contributed by atoms with Gasteiger partial charge in [-0.2, -0.15) is 0 Å². The third-order valence-electron chi connectivity index (χ3n) is 4.89. The molecule has 0 saturated carbocycles. The van der Waals surface area contributed by atoms with E-state index < -0.39 is 0 Å². The molecule has 0 bridgehead atoms. The lowest BCUT2D eigenvalue weighted by molar-refractivity contribution is 0.476. The summed E-state index contributed by atoms with van der Waals surface area (Å²) in [5.41, 5.74) is 3.36. The van der Waals surface area contributed by atoms with Crippen LogP contribution >= 0.6 is 35.0 Å². The Morgan fingerprint density at radius 3 is 2.70 bits per heavy atom. The van der Waals surface area contributed by atoms with Gasteiger partial charge in [0.2, 0.25) is 0 Å². The van der Waals surface area contributed by atoms with Crippen LogP contribution in [-0.4, -0.2) is 10.1 Å². The van der Waals surface area contributed by atoms with Crippen LogP contribution in [0.15, 0.2) is 76.7 Å². The minimum atomic E-state index is 0.0312. The molecule has 1 aromatic heterocycles. The first-order valence-electron chi connectivity index (χ1n) is 9.61. The molecule has 0 aliphatic carbocycles. The maximum Gasteiger partial charge on any atom is 0.157 e. The van der Waals surface area contributed by atoms with Crippen LogP contribution in [0, 0.1) is 0 Å². The van der Waals surface area contributed by atoms with Crippen molar-refractivity contribution in [2.45, 2.75) is 29.7 Å². The predicted octanol–water partition coefficient (Wildman–Crippen LogP) is 7.57. The number of hydrogen-bond donors (Lipinski definition) is 2. The number of phenolic OH excluding ortho intramolecular Hbond substituents is 1. The van der Waals surface area contributed by atoms with E-state index in [0.717, 1.165) is 31.8 Å². The number of nitrogens with one attached hydrogen (secondary N) is 1. The van der Waals surface area contributed by atoms with Crippen LogP contribution in [0.25, 0.3) is 10.9 Å². The fourth-order valence-electron chi connectivity index (χ4n) is 3.28. The topological polar surface area (TPSA) is 45.2 Å². The first-order valence-corrected chi connectivity index (χ1v) is 11.2. The van der Waals surface area contributed by atoms with E-state index in [1.807, 2.05) is 25.1 Å². The molecule has 1 heterocycles. The van der Waals surface area contributed by atoms with Gasteiger partial charge in [0.1, 0.15) is 0 Å². The number of aromatic nitrogens is 1. The monoisotopic (exact) mass is 454 g/mol. The van der Waals surface area contributed by atoms with Crippen molar-refractivity contribution in [2.75, 3.05) is 5.32 Å². The average molecular weight is 455 g/mol. The number of anilines is 1. The fraction of sp³-hybridized carbons (Fsp3) is 0.125. The van der Waals surface area contributed by atoms with Crippen molar-refractivity contribution < 1.29 is 5.11 Å². The first-order chi connectivity index (χ1) is 14.6. The molecule has 152 valence electrons. The summed E-state index contributed by atoms with van der Waals surface area (Å²) in [6, 6.07) is 20.2. The van der Waals surface area contributed by atoms with E-state index in [9.17, 15) is 5.11 Å². The van der Waals surface area contributed by atoms with E-state index in [2.05, 4.69) is 46.7 Å². The first kappa shape index (κ1) is 20.9. The van der Waals surface area contributed by atoms with Gasteiger partial charge >= 0.3 is 0 Å². The molecule has 3 aromatic carbocycles. The molecule has 0 atom stereocenters. The molecule has 2 N–H and O–H groups in total. The molecule has 0 amide bonds. The standard InChI is InChI=1S/C24H20Cl2N2OS/c1-2-18-19(25)13-21(24(29)23(18)26)28-14-16-6-3-4-8-22(16)30-17-10-9-15-7-5-11-27-20(15)12-17/h3-13,28-29H,2,14H2,1H3. The smallest absolute Gasteiger partial charge is 0.157 e. The summed E-state index contributed by atoms with van der Waals surface area (Å²) in [5.74, 6) is 0.0312. The van der Waals surface area contributed by atoms with E-state index in [1.165, 1.54) is 0 Å². The second-order valence-corrected chi connectivity index (χ2v) is 8.72. The van der Waals surface area contributed by atoms with Crippen molar-refractivity contribution in [1.29, 1.82) is 0 Å². The number of fused-ring (bicyclic) bond motifs is 1. The quantitative estimate of drug-likeness (QED) is 0.294. The van der Waals surface area contributed by atoms with Crippen LogP contribution in [0.3, 0.4) is 0 Å². The summed E-state index contributed by atoms with van der Waals surface area (Å²) < 4.78 is 0. The maximum absolute atomic E-state index is 10.5. The number of aromatic hydroxyl groups is 1. The molecular weight excluding hydrogens is 435 g/mol. The van der Waals surface area contributed by atoms with E-state index in [0.29, 0.717) is 28.7 Å². The Morgan fingerprint density at radius 1 is 1.03 bits per heavy atom. The van der Waals surface area contributed by atoms with E-state index in [1.54, 1.807) is 24.0 Å². The molecule has 0 radical (unpaired) electrons. The van der Waals surface area contributed by atoms with Gasteiger partial charge in [0.05, 0.1) is 16.2 Å². The van der Waals surface area contributed by atoms with Gasteiger partial charge in [-0.25, -0.2) is 0 Å². The number of benzene rings is 3. The van der Waals surface area contributed by atoms with E-state index in [-0.39, 0.29) is 5.75 Å². The third kappa shape index (κ3) is 4.36. The SMILES string of the molecule is CCc1c(Cl)cc(NCc2ccccc2Sc2ccc3cccnc3c2)c(O)c1Cl. The zero-order chi connectivity index (χ0) is 21.1. The molecule has 4 rings (SSSR count). The highest BCUT2D eigenvalue weighted by Crippen LogP contribution is 2.40. The largest absolute Gasteiger partial charge is 0.504 e. The van der Waals surface area contributed by atoms with Crippen LogP contribution < -0.4 is 5.32 Å². The fourth-order valence-corrected chi connectivity index (χ4v) is 4.98. The predicted molar refractivity (Wildman–Crippen MR) is 127 cm³/mol. The Morgan fingerprint density at radius 2 is 1.87 bits per heavy atom. The zero-order valence-corrected chi connectivity index (χ0v) is 18.7. The zero-order valence-electron chi connectivity index (χ0n) is 16.3. The lowest BCUT2D eigenvalue weighted by atomic mass is 10.1. The summed E-state index contributed by atoms with van der Waals surface area (Å²) in [4.78, 5) is 6.69.